The summed E-state index contributed by atoms with van der Waals surface area (Å²) >= 11 is 6.12. The van der Waals surface area contributed by atoms with Crippen LogP contribution >= 0.6 is 11.6 Å². The summed E-state index contributed by atoms with van der Waals surface area (Å²) in [7, 11) is 1.70. The predicted octanol–water partition coefficient (Wildman–Crippen LogP) is 3.87. The highest BCUT2D eigenvalue weighted by molar-refractivity contribution is 6.30. The van der Waals surface area contributed by atoms with Crippen LogP contribution in [0, 0.1) is 5.92 Å². The molecular weight excluding hydrogens is 376 g/mol. The maximum absolute atomic E-state index is 12.8. The lowest BCUT2D eigenvalue weighted by molar-refractivity contribution is -0.139. The van der Waals surface area contributed by atoms with E-state index in [1.807, 2.05) is 18.2 Å². The molecule has 1 aliphatic carbocycles. The Hall–Kier alpha value is -1.59. The zero-order valence-electron chi connectivity index (χ0n) is 17.5. The molecule has 0 radical (unpaired) electrons. The number of benzene rings is 1. The Labute approximate surface area is 173 Å². The molecule has 6 heteroatoms. The quantitative estimate of drug-likeness (QED) is 0.533. The second-order valence-corrected chi connectivity index (χ2v) is 8.15. The van der Waals surface area contributed by atoms with Gasteiger partial charge in [0.25, 0.3) is 0 Å². The number of nitrogens with one attached hydrogen (secondary N) is 1. The fourth-order valence-electron chi connectivity index (χ4n) is 3.18. The largest absolute Gasteiger partial charge is 0.492 e. The van der Waals surface area contributed by atoms with Crippen molar-refractivity contribution in [2.75, 3.05) is 20.2 Å². The van der Waals surface area contributed by atoms with Crippen molar-refractivity contribution < 1.29 is 14.3 Å². The van der Waals surface area contributed by atoms with E-state index in [0.29, 0.717) is 24.1 Å². The smallest absolute Gasteiger partial charge is 0.240 e. The Morgan fingerprint density at radius 3 is 2.68 bits per heavy atom. The summed E-state index contributed by atoms with van der Waals surface area (Å²) in [5, 5.41) is 4.00. The number of Topliss-reactive ketones (excluding diaryl/α,β-unsaturated/α-hetero) is 1. The van der Waals surface area contributed by atoms with E-state index in [-0.39, 0.29) is 17.7 Å². The van der Waals surface area contributed by atoms with Gasteiger partial charge in [0, 0.05) is 18.6 Å². The molecule has 0 heterocycles. The number of nitrogens with zero attached hydrogens (tertiary/aromatic N) is 1. The summed E-state index contributed by atoms with van der Waals surface area (Å²) in [6, 6.07) is 5.12. The molecule has 1 aliphatic rings. The van der Waals surface area contributed by atoms with Crippen molar-refractivity contribution in [2.45, 2.75) is 65.0 Å². The number of ketones is 1. The number of rotatable bonds is 12. The Morgan fingerprint density at radius 2 is 2.07 bits per heavy atom. The third-order valence-corrected chi connectivity index (χ3v) is 5.66. The van der Waals surface area contributed by atoms with Crippen molar-refractivity contribution in [3.8, 4) is 5.75 Å². The summed E-state index contributed by atoms with van der Waals surface area (Å²) in [5.74, 6) is 1.14. The number of unbranched alkanes of at least 4 members (excludes halogenated alkanes) is 1. The number of likely N-dealkylation sites (N-methyl/N-ethyl adjacent to an activating group) is 1. The number of ether oxygens (including phenoxy) is 1. The van der Waals surface area contributed by atoms with Crippen LogP contribution in [0.15, 0.2) is 18.2 Å². The van der Waals surface area contributed by atoms with E-state index in [4.69, 9.17) is 16.3 Å². The lowest BCUT2D eigenvalue weighted by Gasteiger charge is -2.28. The fourth-order valence-corrected chi connectivity index (χ4v) is 3.34. The average molecular weight is 409 g/mol. The summed E-state index contributed by atoms with van der Waals surface area (Å²) in [6.07, 6.45) is 5.29. The molecule has 0 aliphatic heterocycles. The molecule has 0 spiro atoms. The number of amides is 1. The molecule has 1 N–H and O–H groups in total. The molecule has 1 aromatic rings. The van der Waals surface area contributed by atoms with E-state index in [0.717, 1.165) is 43.4 Å². The number of halogens is 1. The van der Waals surface area contributed by atoms with Gasteiger partial charge in [-0.05, 0) is 63.1 Å². The molecule has 28 heavy (non-hydrogen) atoms. The Kier molecular flexibility index (Phi) is 8.77. The zero-order valence-corrected chi connectivity index (χ0v) is 18.2. The van der Waals surface area contributed by atoms with Gasteiger partial charge in [-0.3, -0.25) is 9.59 Å². The molecule has 0 aromatic heterocycles. The average Bonchev–Trinajstić information content (AvgIpc) is 3.50. The summed E-state index contributed by atoms with van der Waals surface area (Å²) in [5.41, 5.74) is 1.16. The highest BCUT2D eigenvalue weighted by Crippen LogP contribution is 2.33. The second-order valence-electron chi connectivity index (χ2n) is 7.71. The molecule has 1 amide bonds. The molecule has 5 nitrogen and oxygen atoms in total. The molecular formula is C22H33ClN2O3. The number of carbonyl (C=O) groups is 2. The standard InChI is InChI=1S/C22H33ClN2O3/c1-5-6-7-17-10-11-19(23)14-20(17)28-13-12-24-21(18-8-9-18)22(27)25(4)15(2)16(3)26/h10-11,14-15,18,21,24H,5-9,12-13H2,1-4H3/t15-,21+/m1/s1. The molecule has 0 unspecified atom stereocenters. The summed E-state index contributed by atoms with van der Waals surface area (Å²) in [4.78, 5) is 26.0. The SMILES string of the molecule is CCCCc1ccc(Cl)cc1OCCN[C@H](C(=O)N(C)[C@H](C)C(C)=O)C1CC1. The third-order valence-electron chi connectivity index (χ3n) is 5.43. The van der Waals surface area contributed by atoms with Gasteiger partial charge in [-0.1, -0.05) is 31.0 Å². The van der Waals surface area contributed by atoms with Crippen LogP contribution in [0.5, 0.6) is 5.75 Å². The van der Waals surface area contributed by atoms with Crippen molar-refractivity contribution in [2.24, 2.45) is 5.92 Å². The van der Waals surface area contributed by atoms with Crippen molar-refractivity contribution in [3.63, 3.8) is 0 Å². The molecule has 0 saturated heterocycles. The minimum absolute atomic E-state index is 0.00528. The lowest BCUT2D eigenvalue weighted by atomic mass is 10.1. The van der Waals surface area contributed by atoms with Crippen LogP contribution in [-0.2, 0) is 16.0 Å². The molecule has 1 aromatic carbocycles. The van der Waals surface area contributed by atoms with Crippen LogP contribution in [-0.4, -0.2) is 48.9 Å². The van der Waals surface area contributed by atoms with Crippen LogP contribution in [0.25, 0.3) is 0 Å². The van der Waals surface area contributed by atoms with Crippen LogP contribution in [0.1, 0.15) is 52.0 Å². The molecule has 1 fully saturated rings. The van der Waals surface area contributed by atoms with E-state index < -0.39 is 6.04 Å². The zero-order chi connectivity index (χ0) is 20.7. The number of carbonyl (C=O) groups excluding carboxylic acids is 2. The van der Waals surface area contributed by atoms with Crippen LogP contribution < -0.4 is 10.1 Å². The monoisotopic (exact) mass is 408 g/mol. The topological polar surface area (TPSA) is 58.6 Å². The first kappa shape index (κ1) is 22.7. The number of hydrogen-bond donors (Lipinski definition) is 1. The minimum atomic E-state index is -0.403. The highest BCUT2D eigenvalue weighted by Gasteiger charge is 2.38. The first-order valence-electron chi connectivity index (χ1n) is 10.3. The van der Waals surface area contributed by atoms with E-state index in [1.54, 1.807) is 18.9 Å². The van der Waals surface area contributed by atoms with Gasteiger partial charge >= 0.3 is 0 Å². The number of aryl methyl sites for hydroxylation is 1. The van der Waals surface area contributed by atoms with Crippen LogP contribution in [0.4, 0.5) is 0 Å². The van der Waals surface area contributed by atoms with Crippen molar-refractivity contribution >= 4 is 23.3 Å². The molecule has 2 rings (SSSR count). The Morgan fingerprint density at radius 1 is 1.36 bits per heavy atom. The van der Waals surface area contributed by atoms with Gasteiger partial charge in [-0.2, -0.15) is 0 Å². The van der Waals surface area contributed by atoms with Gasteiger partial charge in [-0.15, -0.1) is 0 Å². The first-order chi connectivity index (χ1) is 13.3. The predicted molar refractivity (Wildman–Crippen MR) is 113 cm³/mol. The molecule has 156 valence electrons. The van der Waals surface area contributed by atoms with Gasteiger partial charge < -0.3 is 15.0 Å². The first-order valence-corrected chi connectivity index (χ1v) is 10.6. The van der Waals surface area contributed by atoms with Gasteiger partial charge in [0.2, 0.25) is 5.91 Å². The van der Waals surface area contributed by atoms with E-state index in [9.17, 15) is 9.59 Å². The van der Waals surface area contributed by atoms with E-state index in [1.165, 1.54) is 6.92 Å². The molecule has 1 saturated carbocycles. The van der Waals surface area contributed by atoms with Gasteiger partial charge in [0.15, 0.2) is 5.78 Å². The fraction of sp³-hybridized carbons (Fsp3) is 0.636. The van der Waals surface area contributed by atoms with Crippen molar-refractivity contribution in [1.82, 2.24) is 10.2 Å². The maximum Gasteiger partial charge on any atom is 0.240 e. The van der Waals surface area contributed by atoms with Crippen molar-refractivity contribution in [1.29, 1.82) is 0 Å². The molecule has 0 bridgehead atoms. The second kappa shape index (κ2) is 10.8. The van der Waals surface area contributed by atoms with Gasteiger partial charge in [-0.25, -0.2) is 0 Å². The lowest BCUT2D eigenvalue weighted by Crippen LogP contribution is -2.51. The Balaban J connectivity index is 1.89. The van der Waals surface area contributed by atoms with E-state index in [2.05, 4.69) is 12.2 Å². The number of hydrogen-bond acceptors (Lipinski definition) is 4. The highest BCUT2D eigenvalue weighted by atomic mass is 35.5. The molecule has 2 atom stereocenters. The summed E-state index contributed by atoms with van der Waals surface area (Å²) < 4.78 is 5.97. The third kappa shape index (κ3) is 6.49. The Bertz CT molecular complexity index is 676. The normalized spacial score (nSPS) is 15.8. The van der Waals surface area contributed by atoms with Crippen LogP contribution in [0.2, 0.25) is 5.02 Å². The minimum Gasteiger partial charge on any atom is -0.492 e. The van der Waals surface area contributed by atoms with Gasteiger partial charge in [0.05, 0.1) is 12.1 Å². The summed E-state index contributed by atoms with van der Waals surface area (Å²) in [6.45, 7) is 6.48. The van der Waals surface area contributed by atoms with Crippen molar-refractivity contribution in [3.05, 3.63) is 28.8 Å². The maximum atomic E-state index is 12.8. The van der Waals surface area contributed by atoms with Crippen LogP contribution in [0.3, 0.4) is 0 Å². The van der Waals surface area contributed by atoms with E-state index >= 15 is 0 Å². The van der Waals surface area contributed by atoms with Gasteiger partial charge in [0.1, 0.15) is 12.4 Å².